The quantitative estimate of drug-likeness (QED) is 0.675. The van der Waals surface area contributed by atoms with Crippen LogP contribution in [0.3, 0.4) is 0 Å². The number of para-hydroxylation sites is 1. The third kappa shape index (κ3) is 3.60. The zero-order valence-corrected chi connectivity index (χ0v) is 11.4. The van der Waals surface area contributed by atoms with Gasteiger partial charge in [-0.1, -0.05) is 12.1 Å². The zero-order valence-electron chi connectivity index (χ0n) is 11.4. The molecule has 0 aromatic heterocycles. The van der Waals surface area contributed by atoms with Gasteiger partial charge in [0.25, 0.3) is 0 Å². The fourth-order valence-corrected chi connectivity index (χ4v) is 1.75. The Hall–Kier alpha value is -2.82. The number of carbonyl (C=O) groups excluding carboxylic acids is 1. The van der Waals surface area contributed by atoms with Crippen LogP contribution in [-0.2, 0) is 0 Å². The van der Waals surface area contributed by atoms with Crippen molar-refractivity contribution >= 4 is 11.9 Å². The average molecular weight is 286 g/mol. The van der Waals surface area contributed by atoms with Crippen molar-refractivity contribution in [3.05, 3.63) is 59.7 Å². The predicted molar refractivity (Wildman–Crippen MR) is 76.0 cm³/mol. The lowest BCUT2D eigenvalue weighted by molar-refractivity contribution is 0.0681. The van der Waals surface area contributed by atoms with E-state index in [4.69, 9.17) is 14.6 Å². The summed E-state index contributed by atoms with van der Waals surface area (Å²) in [4.78, 5) is 23.1. The second kappa shape index (κ2) is 6.56. The second-order valence-corrected chi connectivity index (χ2v) is 4.15. The summed E-state index contributed by atoms with van der Waals surface area (Å²) in [6.45, 7) is 2.40. The van der Waals surface area contributed by atoms with Crippen molar-refractivity contribution in [1.29, 1.82) is 0 Å². The van der Waals surface area contributed by atoms with Crippen LogP contribution in [0.5, 0.6) is 11.5 Å². The highest BCUT2D eigenvalue weighted by molar-refractivity contribution is 5.95. The normalized spacial score (nSPS) is 9.95. The van der Waals surface area contributed by atoms with E-state index in [1.807, 2.05) is 6.92 Å². The fourth-order valence-electron chi connectivity index (χ4n) is 1.75. The minimum absolute atomic E-state index is 0.0175. The number of hydrogen-bond acceptors (Lipinski definition) is 4. The smallest absolute Gasteiger partial charge is 0.343 e. The lowest BCUT2D eigenvalue weighted by Crippen LogP contribution is -2.11. The van der Waals surface area contributed by atoms with Crippen LogP contribution in [0.4, 0.5) is 0 Å². The zero-order chi connectivity index (χ0) is 15.2. The first-order valence-corrected chi connectivity index (χ1v) is 6.39. The molecular formula is C16H14O5. The van der Waals surface area contributed by atoms with E-state index in [1.165, 1.54) is 12.1 Å². The minimum atomic E-state index is -1.15. The lowest BCUT2D eigenvalue weighted by atomic mass is 10.2. The molecule has 5 nitrogen and oxygen atoms in total. The van der Waals surface area contributed by atoms with Crippen LogP contribution >= 0.6 is 0 Å². The maximum Gasteiger partial charge on any atom is 0.343 e. The third-order valence-electron chi connectivity index (χ3n) is 2.72. The van der Waals surface area contributed by atoms with Crippen molar-refractivity contribution in [1.82, 2.24) is 0 Å². The third-order valence-corrected chi connectivity index (χ3v) is 2.72. The van der Waals surface area contributed by atoms with Gasteiger partial charge in [-0.25, -0.2) is 9.59 Å². The van der Waals surface area contributed by atoms with Gasteiger partial charge in [-0.2, -0.15) is 0 Å². The molecule has 0 aliphatic heterocycles. The van der Waals surface area contributed by atoms with E-state index in [0.717, 1.165) is 0 Å². The van der Waals surface area contributed by atoms with Crippen molar-refractivity contribution < 1.29 is 24.2 Å². The Morgan fingerprint density at radius 3 is 2.33 bits per heavy atom. The van der Waals surface area contributed by atoms with Gasteiger partial charge in [-0.3, -0.25) is 0 Å². The van der Waals surface area contributed by atoms with Crippen LogP contribution in [0.15, 0.2) is 48.5 Å². The highest BCUT2D eigenvalue weighted by atomic mass is 16.5. The molecule has 2 rings (SSSR count). The molecule has 0 aliphatic rings. The fraction of sp³-hybridized carbons (Fsp3) is 0.125. The molecule has 2 aromatic carbocycles. The van der Waals surface area contributed by atoms with Crippen LogP contribution in [0.25, 0.3) is 0 Å². The maximum absolute atomic E-state index is 12.0. The first kappa shape index (κ1) is 14.6. The molecule has 5 heteroatoms. The van der Waals surface area contributed by atoms with Gasteiger partial charge in [0.15, 0.2) is 0 Å². The van der Waals surface area contributed by atoms with Gasteiger partial charge in [0.2, 0.25) is 0 Å². The highest BCUT2D eigenvalue weighted by Crippen LogP contribution is 2.20. The molecule has 108 valence electrons. The molecule has 0 amide bonds. The van der Waals surface area contributed by atoms with Crippen molar-refractivity contribution in [2.24, 2.45) is 0 Å². The maximum atomic E-state index is 12.0. The average Bonchev–Trinajstić information content (AvgIpc) is 2.48. The number of aromatic carboxylic acids is 1. The summed E-state index contributed by atoms with van der Waals surface area (Å²) < 4.78 is 10.4. The van der Waals surface area contributed by atoms with Gasteiger partial charge >= 0.3 is 11.9 Å². The molecule has 0 saturated heterocycles. The Morgan fingerprint density at radius 1 is 1.05 bits per heavy atom. The molecule has 1 N–H and O–H groups in total. The van der Waals surface area contributed by atoms with E-state index in [9.17, 15) is 9.59 Å². The highest BCUT2D eigenvalue weighted by Gasteiger charge is 2.15. The molecule has 2 aromatic rings. The van der Waals surface area contributed by atoms with Gasteiger partial charge in [0, 0.05) is 0 Å². The van der Waals surface area contributed by atoms with Gasteiger partial charge in [-0.05, 0) is 43.3 Å². The SMILES string of the molecule is CCOc1ccc(C(=O)Oc2ccccc2C(=O)O)cc1. The summed E-state index contributed by atoms with van der Waals surface area (Å²) in [7, 11) is 0. The number of carboxylic acid groups (broad SMARTS) is 1. The van der Waals surface area contributed by atoms with Crippen LogP contribution < -0.4 is 9.47 Å². The Labute approximate surface area is 121 Å². The number of hydrogen-bond donors (Lipinski definition) is 1. The molecule has 0 atom stereocenters. The topological polar surface area (TPSA) is 72.8 Å². The Balaban J connectivity index is 2.16. The van der Waals surface area contributed by atoms with E-state index in [2.05, 4.69) is 0 Å². The minimum Gasteiger partial charge on any atom is -0.494 e. The molecule has 0 saturated carbocycles. The molecule has 0 spiro atoms. The first-order valence-electron chi connectivity index (χ1n) is 6.39. The van der Waals surface area contributed by atoms with E-state index < -0.39 is 11.9 Å². The number of carbonyl (C=O) groups is 2. The van der Waals surface area contributed by atoms with Crippen molar-refractivity contribution in [3.63, 3.8) is 0 Å². The Kier molecular flexibility index (Phi) is 4.56. The van der Waals surface area contributed by atoms with Crippen molar-refractivity contribution in [2.75, 3.05) is 6.61 Å². The molecule has 0 bridgehead atoms. The molecule has 0 aliphatic carbocycles. The summed E-state index contributed by atoms with van der Waals surface area (Å²) in [6.07, 6.45) is 0. The van der Waals surface area contributed by atoms with E-state index in [-0.39, 0.29) is 11.3 Å². The van der Waals surface area contributed by atoms with Gasteiger partial charge < -0.3 is 14.6 Å². The summed E-state index contributed by atoms with van der Waals surface area (Å²) in [6, 6.07) is 12.4. The standard InChI is InChI=1S/C16H14O5/c1-2-20-12-9-7-11(8-10-12)16(19)21-14-6-4-3-5-13(14)15(17)18/h3-10H,2H2,1H3,(H,17,18). The van der Waals surface area contributed by atoms with Crippen LogP contribution in [0.1, 0.15) is 27.6 Å². The van der Waals surface area contributed by atoms with Crippen molar-refractivity contribution in [3.8, 4) is 11.5 Å². The molecule has 21 heavy (non-hydrogen) atoms. The van der Waals surface area contributed by atoms with Crippen LogP contribution in [0, 0.1) is 0 Å². The molecular weight excluding hydrogens is 272 g/mol. The number of benzene rings is 2. The van der Waals surface area contributed by atoms with E-state index in [0.29, 0.717) is 17.9 Å². The van der Waals surface area contributed by atoms with Crippen molar-refractivity contribution in [2.45, 2.75) is 6.92 Å². The van der Waals surface area contributed by atoms with E-state index in [1.54, 1.807) is 36.4 Å². The largest absolute Gasteiger partial charge is 0.494 e. The van der Waals surface area contributed by atoms with Gasteiger partial charge in [-0.15, -0.1) is 0 Å². The molecule has 0 radical (unpaired) electrons. The summed E-state index contributed by atoms with van der Waals surface area (Å²) in [5, 5.41) is 9.04. The Morgan fingerprint density at radius 2 is 1.71 bits per heavy atom. The lowest BCUT2D eigenvalue weighted by Gasteiger charge is -2.08. The number of esters is 1. The summed E-state index contributed by atoms with van der Waals surface area (Å²) in [5.41, 5.74) is 0.260. The first-order chi connectivity index (χ1) is 10.1. The monoisotopic (exact) mass is 286 g/mol. The molecule has 0 fully saturated rings. The van der Waals surface area contributed by atoms with Gasteiger partial charge in [0.05, 0.1) is 12.2 Å². The predicted octanol–water partition coefficient (Wildman–Crippen LogP) is 3.00. The number of carboxylic acids is 1. The summed E-state index contributed by atoms with van der Waals surface area (Å²) >= 11 is 0. The molecule has 0 heterocycles. The second-order valence-electron chi connectivity index (χ2n) is 4.15. The van der Waals surface area contributed by atoms with Crippen LogP contribution in [-0.4, -0.2) is 23.7 Å². The summed E-state index contributed by atoms with van der Waals surface area (Å²) in [5.74, 6) is -1.10. The van der Waals surface area contributed by atoms with Gasteiger partial charge in [0.1, 0.15) is 17.1 Å². The van der Waals surface area contributed by atoms with Crippen LogP contribution in [0.2, 0.25) is 0 Å². The number of ether oxygens (including phenoxy) is 2. The number of rotatable bonds is 5. The molecule has 0 unspecified atom stereocenters. The van der Waals surface area contributed by atoms with E-state index >= 15 is 0 Å². The Bertz CT molecular complexity index is 646.